The number of hydrogen-bond donors (Lipinski definition) is 3. The van der Waals surface area contributed by atoms with Gasteiger partial charge in [0.2, 0.25) is 0 Å². The molecule has 0 aromatic rings. The molecule has 0 saturated heterocycles. The molecule has 18 heavy (non-hydrogen) atoms. The van der Waals surface area contributed by atoms with E-state index in [9.17, 15) is 14.7 Å². The molecule has 0 atom stereocenters. The number of hydrogen-bond acceptors (Lipinski definition) is 2. The van der Waals surface area contributed by atoms with Gasteiger partial charge in [-0.15, -0.1) is 0 Å². The minimum Gasteiger partial charge on any atom is -0.481 e. The van der Waals surface area contributed by atoms with E-state index in [0.29, 0.717) is 18.8 Å². The van der Waals surface area contributed by atoms with Crippen molar-refractivity contribution >= 4 is 12.0 Å². The van der Waals surface area contributed by atoms with Crippen LogP contribution in [-0.4, -0.2) is 29.7 Å². The summed E-state index contributed by atoms with van der Waals surface area (Å²) in [5, 5.41) is 14.8. The Kier molecular flexibility index (Phi) is 4.99. The Morgan fingerprint density at radius 3 is 2.33 bits per heavy atom. The summed E-state index contributed by atoms with van der Waals surface area (Å²) >= 11 is 0. The predicted molar refractivity (Wildman–Crippen MR) is 69.4 cm³/mol. The van der Waals surface area contributed by atoms with Gasteiger partial charge >= 0.3 is 12.0 Å². The van der Waals surface area contributed by atoms with Crippen molar-refractivity contribution in [2.45, 2.75) is 52.5 Å². The minimum absolute atomic E-state index is 0.0529. The van der Waals surface area contributed by atoms with Crippen LogP contribution < -0.4 is 10.6 Å². The molecule has 0 heterocycles. The van der Waals surface area contributed by atoms with Gasteiger partial charge in [0.1, 0.15) is 0 Å². The molecular formula is C13H24N2O3. The van der Waals surface area contributed by atoms with Crippen LogP contribution in [0.2, 0.25) is 0 Å². The van der Waals surface area contributed by atoms with Crippen molar-refractivity contribution in [3.63, 3.8) is 0 Å². The summed E-state index contributed by atoms with van der Waals surface area (Å²) in [6.45, 7) is 6.10. The maximum atomic E-state index is 11.5. The lowest BCUT2D eigenvalue weighted by molar-refractivity contribution is -0.151. The van der Waals surface area contributed by atoms with Crippen LogP contribution in [-0.2, 0) is 4.79 Å². The monoisotopic (exact) mass is 256 g/mol. The van der Waals surface area contributed by atoms with Gasteiger partial charge in [-0.05, 0) is 45.4 Å². The fourth-order valence-corrected chi connectivity index (χ4v) is 2.34. The number of carboxylic acid groups (broad SMARTS) is 1. The molecule has 1 rings (SSSR count). The highest BCUT2D eigenvalue weighted by atomic mass is 16.4. The largest absolute Gasteiger partial charge is 0.481 e. The van der Waals surface area contributed by atoms with Crippen LogP contribution >= 0.6 is 0 Å². The van der Waals surface area contributed by atoms with Crippen molar-refractivity contribution in [1.82, 2.24) is 10.6 Å². The molecule has 1 saturated carbocycles. The molecule has 1 aliphatic carbocycles. The van der Waals surface area contributed by atoms with Crippen LogP contribution in [0.5, 0.6) is 0 Å². The van der Waals surface area contributed by atoms with Crippen LogP contribution in [0.4, 0.5) is 4.79 Å². The fraction of sp³-hybridized carbons (Fsp3) is 0.846. The van der Waals surface area contributed by atoms with E-state index in [-0.39, 0.29) is 18.6 Å². The maximum Gasteiger partial charge on any atom is 0.315 e. The molecule has 0 unspecified atom stereocenters. The van der Waals surface area contributed by atoms with Gasteiger partial charge in [0.25, 0.3) is 0 Å². The zero-order valence-electron chi connectivity index (χ0n) is 11.5. The van der Waals surface area contributed by atoms with Crippen molar-refractivity contribution in [2.24, 2.45) is 11.3 Å². The first-order chi connectivity index (χ1) is 8.35. The van der Waals surface area contributed by atoms with E-state index < -0.39 is 11.4 Å². The molecule has 0 radical (unpaired) electrons. The first-order valence-corrected chi connectivity index (χ1v) is 6.63. The van der Waals surface area contributed by atoms with Gasteiger partial charge in [-0.3, -0.25) is 4.79 Å². The number of nitrogens with one attached hydrogen (secondary N) is 2. The Morgan fingerprint density at radius 1 is 1.33 bits per heavy atom. The second-order valence-corrected chi connectivity index (χ2v) is 5.75. The van der Waals surface area contributed by atoms with E-state index in [1.165, 1.54) is 0 Å². The lowest BCUT2D eigenvalue weighted by Crippen LogP contribution is -2.48. The van der Waals surface area contributed by atoms with Crippen molar-refractivity contribution in [3.8, 4) is 0 Å². The zero-order chi connectivity index (χ0) is 13.8. The summed E-state index contributed by atoms with van der Waals surface area (Å²) in [5.41, 5.74) is -0.777. The highest BCUT2D eigenvalue weighted by Gasteiger charge is 2.41. The minimum atomic E-state index is -0.792. The number of carbonyl (C=O) groups excluding carboxylic acids is 1. The molecule has 1 aliphatic rings. The Balaban J connectivity index is 2.54. The molecule has 0 aromatic heterocycles. The van der Waals surface area contributed by atoms with Crippen LogP contribution in [0.1, 0.15) is 46.5 Å². The maximum absolute atomic E-state index is 11.5. The van der Waals surface area contributed by atoms with E-state index in [0.717, 1.165) is 12.8 Å². The average Bonchev–Trinajstić information content (AvgIpc) is 2.27. The van der Waals surface area contributed by atoms with Crippen molar-refractivity contribution < 1.29 is 14.7 Å². The number of carbonyl (C=O) groups is 2. The van der Waals surface area contributed by atoms with Gasteiger partial charge in [0, 0.05) is 12.6 Å². The van der Waals surface area contributed by atoms with E-state index in [1.807, 2.05) is 13.8 Å². The van der Waals surface area contributed by atoms with Crippen LogP contribution in [0, 0.1) is 11.3 Å². The molecule has 0 bridgehead atoms. The first-order valence-electron chi connectivity index (χ1n) is 6.63. The molecule has 5 heteroatoms. The van der Waals surface area contributed by atoms with E-state index in [1.54, 1.807) is 0 Å². The van der Waals surface area contributed by atoms with Crippen LogP contribution in [0.3, 0.4) is 0 Å². The molecule has 0 aromatic carbocycles. The van der Waals surface area contributed by atoms with Crippen molar-refractivity contribution in [3.05, 3.63) is 0 Å². The lowest BCUT2D eigenvalue weighted by atomic mass is 9.71. The fourth-order valence-electron chi connectivity index (χ4n) is 2.34. The highest BCUT2D eigenvalue weighted by Crippen LogP contribution is 2.38. The third-order valence-corrected chi connectivity index (χ3v) is 3.69. The Bertz CT molecular complexity index is 307. The summed E-state index contributed by atoms with van der Waals surface area (Å²) in [5.74, 6) is -0.207. The van der Waals surface area contributed by atoms with Crippen molar-refractivity contribution in [2.75, 3.05) is 6.54 Å². The number of amides is 2. The second-order valence-electron chi connectivity index (χ2n) is 5.75. The molecule has 0 spiro atoms. The Hall–Kier alpha value is -1.26. The molecular weight excluding hydrogens is 232 g/mol. The number of carboxylic acids is 1. The van der Waals surface area contributed by atoms with Gasteiger partial charge in [-0.25, -0.2) is 4.79 Å². The summed E-state index contributed by atoms with van der Waals surface area (Å²) in [7, 11) is 0. The Morgan fingerprint density at radius 2 is 1.89 bits per heavy atom. The predicted octanol–water partition coefficient (Wildman–Crippen LogP) is 1.98. The van der Waals surface area contributed by atoms with Gasteiger partial charge in [-0.2, -0.15) is 0 Å². The molecule has 0 aliphatic heterocycles. The standard InChI is InChI=1S/C13H24N2O3/c1-9(2)15-12(18)14-8-13(11(16)17)6-4-10(3)5-7-13/h9-10H,4-8H2,1-3H3,(H,16,17)(H2,14,15,18). The van der Waals surface area contributed by atoms with Crippen LogP contribution in [0.25, 0.3) is 0 Å². The number of urea groups is 1. The van der Waals surface area contributed by atoms with Gasteiger partial charge in [0.05, 0.1) is 5.41 Å². The molecule has 104 valence electrons. The quantitative estimate of drug-likeness (QED) is 0.719. The molecule has 2 amide bonds. The third kappa shape index (κ3) is 3.89. The van der Waals surface area contributed by atoms with E-state index in [4.69, 9.17) is 0 Å². The summed E-state index contributed by atoms with van der Waals surface area (Å²) in [6.07, 6.45) is 3.12. The summed E-state index contributed by atoms with van der Waals surface area (Å²) < 4.78 is 0. The molecule has 3 N–H and O–H groups in total. The van der Waals surface area contributed by atoms with E-state index >= 15 is 0 Å². The smallest absolute Gasteiger partial charge is 0.315 e. The van der Waals surface area contributed by atoms with Gasteiger partial charge in [-0.1, -0.05) is 6.92 Å². The van der Waals surface area contributed by atoms with Crippen LogP contribution in [0.15, 0.2) is 0 Å². The average molecular weight is 256 g/mol. The number of rotatable bonds is 4. The highest BCUT2D eigenvalue weighted by molar-refractivity contribution is 5.78. The SMILES string of the molecule is CC1CCC(CNC(=O)NC(C)C)(C(=O)O)CC1. The second kappa shape index (κ2) is 6.07. The number of aliphatic carboxylic acids is 1. The topological polar surface area (TPSA) is 78.4 Å². The van der Waals surface area contributed by atoms with E-state index in [2.05, 4.69) is 17.6 Å². The third-order valence-electron chi connectivity index (χ3n) is 3.69. The Labute approximate surface area is 108 Å². The summed E-state index contributed by atoms with van der Waals surface area (Å²) in [6, 6.07) is -0.235. The molecule has 5 nitrogen and oxygen atoms in total. The van der Waals surface area contributed by atoms with Gasteiger partial charge in [0.15, 0.2) is 0 Å². The normalized spacial score (nSPS) is 27.9. The zero-order valence-corrected chi connectivity index (χ0v) is 11.5. The first kappa shape index (κ1) is 14.8. The lowest BCUT2D eigenvalue weighted by Gasteiger charge is -2.35. The van der Waals surface area contributed by atoms with Gasteiger partial charge < -0.3 is 15.7 Å². The molecule has 1 fully saturated rings. The van der Waals surface area contributed by atoms with Crippen molar-refractivity contribution in [1.29, 1.82) is 0 Å². The summed E-state index contributed by atoms with van der Waals surface area (Å²) in [4.78, 5) is 23.0.